The van der Waals surface area contributed by atoms with Gasteiger partial charge in [-0.2, -0.15) is 0 Å². The fourth-order valence-electron chi connectivity index (χ4n) is 3.02. The molecule has 0 saturated carbocycles. The van der Waals surface area contributed by atoms with Crippen molar-refractivity contribution < 1.29 is 4.79 Å². The molecule has 2 fully saturated rings. The smallest absolute Gasteiger partial charge is 0.240 e. The first kappa shape index (κ1) is 12.8. The van der Waals surface area contributed by atoms with E-state index in [4.69, 9.17) is 0 Å². The van der Waals surface area contributed by atoms with Gasteiger partial charge < -0.3 is 10.2 Å². The van der Waals surface area contributed by atoms with E-state index >= 15 is 0 Å². The van der Waals surface area contributed by atoms with E-state index in [-0.39, 0.29) is 11.9 Å². The van der Waals surface area contributed by atoms with E-state index in [2.05, 4.69) is 29.0 Å². The number of nitrogens with one attached hydrogen (secondary N) is 1. The van der Waals surface area contributed by atoms with Crippen LogP contribution in [0.25, 0.3) is 0 Å². The predicted molar refractivity (Wildman–Crippen MR) is 68.7 cm³/mol. The van der Waals surface area contributed by atoms with Crippen LogP contribution < -0.4 is 5.32 Å². The monoisotopic (exact) mass is 239 g/mol. The topological polar surface area (TPSA) is 35.6 Å². The molecule has 2 saturated heterocycles. The molecule has 2 heterocycles. The molecule has 4 nitrogen and oxygen atoms in total. The van der Waals surface area contributed by atoms with Gasteiger partial charge in [0.25, 0.3) is 0 Å². The summed E-state index contributed by atoms with van der Waals surface area (Å²) >= 11 is 0. The quantitative estimate of drug-likeness (QED) is 0.782. The molecule has 0 aromatic heterocycles. The van der Waals surface area contributed by atoms with Crippen molar-refractivity contribution in [1.29, 1.82) is 0 Å². The highest BCUT2D eigenvalue weighted by molar-refractivity contribution is 5.82. The van der Waals surface area contributed by atoms with Crippen molar-refractivity contribution in [2.45, 2.75) is 58.3 Å². The highest BCUT2D eigenvalue weighted by Gasteiger charge is 2.36. The molecule has 98 valence electrons. The summed E-state index contributed by atoms with van der Waals surface area (Å²) in [5.74, 6) is 0.278. The van der Waals surface area contributed by atoms with Crippen molar-refractivity contribution in [3.05, 3.63) is 0 Å². The molecular formula is C13H25N3O. The summed E-state index contributed by atoms with van der Waals surface area (Å²) in [6, 6.07) is 0.508. The van der Waals surface area contributed by atoms with E-state index in [1.165, 1.54) is 6.42 Å². The first-order chi connectivity index (χ1) is 8.11. The third kappa shape index (κ3) is 2.63. The highest BCUT2D eigenvalue weighted by atomic mass is 16.2. The van der Waals surface area contributed by atoms with Gasteiger partial charge in [-0.15, -0.1) is 0 Å². The Bertz CT molecular complexity index is 280. The van der Waals surface area contributed by atoms with Crippen molar-refractivity contribution in [3.63, 3.8) is 0 Å². The summed E-state index contributed by atoms with van der Waals surface area (Å²) in [5.41, 5.74) is 0. The van der Waals surface area contributed by atoms with Crippen molar-refractivity contribution >= 4 is 5.91 Å². The van der Waals surface area contributed by atoms with E-state index in [0.29, 0.717) is 12.2 Å². The average Bonchev–Trinajstić information content (AvgIpc) is 2.71. The SMILES string of the molecule is CC1NCCCN(C2CCCN2C(C)C)C1=O. The van der Waals surface area contributed by atoms with Crippen LogP contribution in [0.4, 0.5) is 0 Å². The summed E-state index contributed by atoms with van der Waals surface area (Å²) in [6.45, 7) is 9.43. The van der Waals surface area contributed by atoms with Gasteiger partial charge in [0.2, 0.25) is 5.91 Å². The van der Waals surface area contributed by atoms with E-state index in [1.54, 1.807) is 0 Å². The van der Waals surface area contributed by atoms with Crippen LogP contribution in [0.15, 0.2) is 0 Å². The molecular weight excluding hydrogens is 214 g/mol. The second-order valence-electron chi connectivity index (χ2n) is 5.52. The summed E-state index contributed by atoms with van der Waals surface area (Å²) in [7, 11) is 0. The van der Waals surface area contributed by atoms with E-state index in [1.807, 2.05) is 6.92 Å². The lowest BCUT2D eigenvalue weighted by Gasteiger charge is -2.37. The molecule has 0 aromatic carbocycles. The van der Waals surface area contributed by atoms with Crippen LogP contribution in [0.3, 0.4) is 0 Å². The van der Waals surface area contributed by atoms with Gasteiger partial charge in [-0.1, -0.05) is 0 Å². The maximum atomic E-state index is 12.3. The molecule has 2 rings (SSSR count). The number of nitrogens with zero attached hydrogens (tertiary/aromatic N) is 2. The average molecular weight is 239 g/mol. The van der Waals surface area contributed by atoms with E-state index in [9.17, 15) is 4.79 Å². The van der Waals surface area contributed by atoms with Gasteiger partial charge in [0.15, 0.2) is 0 Å². The number of amides is 1. The zero-order chi connectivity index (χ0) is 12.4. The lowest BCUT2D eigenvalue weighted by molar-refractivity contribution is -0.138. The van der Waals surface area contributed by atoms with E-state index in [0.717, 1.165) is 32.5 Å². The van der Waals surface area contributed by atoms with Gasteiger partial charge in [-0.05, 0) is 46.6 Å². The van der Waals surface area contributed by atoms with Gasteiger partial charge in [0.05, 0.1) is 12.2 Å². The standard InChI is InChI=1S/C13H25N3O/c1-10(2)15-8-4-6-12(15)16-9-5-7-14-11(3)13(16)17/h10-12,14H,4-9H2,1-3H3. The molecule has 2 aliphatic rings. The first-order valence-electron chi connectivity index (χ1n) is 6.91. The summed E-state index contributed by atoms with van der Waals surface area (Å²) in [6.07, 6.45) is 3.76. The first-order valence-corrected chi connectivity index (χ1v) is 6.91. The Hall–Kier alpha value is -0.610. The number of hydrogen-bond acceptors (Lipinski definition) is 3. The molecule has 0 bridgehead atoms. The van der Waals surface area contributed by atoms with Crippen LogP contribution in [0.1, 0.15) is 40.0 Å². The molecule has 4 heteroatoms. The Labute approximate surface area is 104 Å². The Kier molecular flexibility index (Phi) is 4.05. The van der Waals surface area contributed by atoms with Gasteiger partial charge in [-0.25, -0.2) is 0 Å². The molecule has 17 heavy (non-hydrogen) atoms. The lowest BCUT2D eigenvalue weighted by Crippen LogP contribution is -2.53. The van der Waals surface area contributed by atoms with Crippen LogP contribution in [-0.2, 0) is 4.79 Å². The van der Waals surface area contributed by atoms with Crippen molar-refractivity contribution in [3.8, 4) is 0 Å². The maximum absolute atomic E-state index is 12.3. The number of likely N-dealkylation sites (tertiary alicyclic amines) is 1. The summed E-state index contributed by atoms with van der Waals surface area (Å²) in [5, 5.41) is 3.28. The van der Waals surface area contributed by atoms with Crippen molar-refractivity contribution in [2.75, 3.05) is 19.6 Å². The minimum absolute atomic E-state index is 0.0212. The van der Waals surface area contributed by atoms with Crippen molar-refractivity contribution in [2.24, 2.45) is 0 Å². The third-order valence-corrected chi connectivity index (χ3v) is 3.96. The second kappa shape index (κ2) is 5.36. The summed E-state index contributed by atoms with van der Waals surface area (Å²) in [4.78, 5) is 16.9. The van der Waals surface area contributed by atoms with Gasteiger partial charge in [0.1, 0.15) is 0 Å². The van der Waals surface area contributed by atoms with Crippen LogP contribution in [0.2, 0.25) is 0 Å². The number of hydrogen-bond donors (Lipinski definition) is 1. The fourth-order valence-corrected chi connectivity index (χ4v) is 3.02. The number of carbonyl (C=O) groups excluding carboxylic acids is 1. The minimum Gasteiger partial charge on any atom is -0.326 e. The van der Waals surface area contributed by atoms with Crippen LogP contribution >= 0.6 is 0 Å². The summed E-state index contributed by atoms with van der Waals surface area (Å²) < 4.78 is 0. The van der Waals surface area contributed by atoms with Crippen LogP contribution in [0, 0.1) is 0 Å². The van der Waals surface area contributed by atoms with Gasteiger partial charge >= 0.3 is 0 Å². The van der Waals surface area contributed by atoms with Crippen molar-refractivity contribution in [1.82, 2.24) is 15.1 Å². The fraction of sp³-hybridized carbons (Fsp3) is 0.923. The lowest BCUT2D eigenvalue weighted by atomic mass is 10.2. The van der Waals surface area contributed by atoms with Gasteiger partial charge in [-0.3, -0.25) is 9.69 Å². The molecule has 0 spiro atoms. The number of carbonyl (C=O) groups is 1. The highest BCUT2D eigenvalue weighted by Crippen LogP contribution is 2.24. The largest absolute Gasteiger partial charge is 0.326 e. The Morgan fingerprint density at radius 3 is 2.76 bits per heavy atom. The Morgan fingerprint density at radius 2 is 2.06 bits per heavy atom. The molecule has 2 atom stereocenters. The minimum atomic E-state index is -0.0212. The zero-order valence-corrected chi connectivity index (χ0v) is 11.3. The van der Waals surface area contributed by atoms with Crippen LogP contribution in [-0.4, -0.2) is 53.6 Å². The molecule has 1 amide bonds. The normalized spacial score (nSPS) is 32.2. The Morgan fingerprint density at radius 1 is 1.29 bits per heavy atom. The maximum Gasteiger partial charge on any atom is 0.240 e. The molecule has 0 aliphatic carbocycles. The number of rotatable bonds is 2. The zero-order valence-electron chi connectivity index (χ0n) is 11.3. The molecule has 2 aliphatic heterocycles. The van der Waals surface area contributed by atoms with Crippen LogP contribution in [0.5, 0.6) is 0 Å². The van der Waals surface area contributed by atoms with E-state index < -0.39 is 0 Å². The van der Waals surface area contributed by atoms with Gasteiger partial charge in [0, 0.05) is 19.1 Å². The third-order valence-electron chi connectivity index (χ3n) is 3.96. The predicted octanol–water partition coefficient (Wildman–Crippen LogP) is 1.03. The molecule has 0 aromatic rings. The molecule has 1 N–H and O–H groups in total. The molecule has 2 unspecified atom stereocenters. The Balaban J connectivity index is 2.11. The second-order valence-corrected chi connectivity index (χ2v) is 5.52. The molecule has 0 radical (unpaired) electrons.